The molecule has 1 aromatic carbocycles. The molecule has 0 saturated carbocycles. The van der Waals surface area contributed by atoms with E-state index < -0.39 is 9.04 Å². The number of ether oxygens (including phenoxy) is 1. The molecule has 0 bridgehead atoms. The minimum Gasteiger partial charge on any atom is -0.466 e. The summed E-state index contributed by atoms with van der Waals surface area (Å²) in [6.07, 6.45) is 0.663. The molecule has 0 aliphatic carbocycles. The van der Waals surface area contributed by atoms with E-state index in [-0.39, 0.29) is 11.7 Å². The monoisotopic (exact) mass is 497 g/mol. The third-order valence-corrected chi connectivity index (χ3v) is 7.80. The molecule has 1 aliphatic heterocycles. The fraction of sp³-hybridized carbons (Fsp3) is 0.519. The molecule has 2 aromatic heterocycles. The summed E-state index contributed by atoms with van der Waals surface area (Å²) in [5, 5.41) is 6.99. The highest BCUT2D eigenvalue weighted by Gasteiger charge is 2.23. The van der Waals surface area contributed by atoms with E-state index in [9.17, 15) is 0 Å². The first-order chi connectivity index (χ1) is 16.2. The predicted octanol–water partition coefficient (Wildman–Crippen LogP) is 6.25. The lowest BCUT2D eigenvalue weighted by Gasteiger charge is -2.35. The van der Waals surface area contributed by atoms with Crippen molar-refractivity contribution < 1.29 is 9.16 Å². The zero-order valence-corrected chi connectivity index (χ0v) is 23.5. The molecule has 0 amide bonds. The second kappa shape index (κ2) is 10.8. The van der Waals surface area contributed by atoms with Gasteiger partial charge in [0.2, 0.25) is 0 Å². The van der Waals surface area contributed by atoms with Crippen LogP contribution in [0.25, 0.3) is 22.0 Å². The molecule has 1 atom stereocenters. The number of thiophene rings is 1. The van der Waals surface area contributed by atoms with E-state index >= 15 is 0 Å². The van der Waals surface area contributed by atoms with Crippen LogP contribution in [0.2, 0.25) is 13.1 Å². The maximum atomic E-state index is 6.27. The highest BCUT2D eigenvalue weighted by molar-refractivity contribution is 7.09. The van der Waals surface area contributed by atoms with Gasteiger partial charge in [-0.05, 0) is 66.2 Å². The normalized spacial score (nSPS) is 16.4. The van der Waals surface area contributed by atoms with Gasteiger partial charge in [0, 0.05) is 48.9 Å². The van der Waals surface area contributed by atoms with Crippen LogP contribution in [0.15, 0.2) is 41.1 Å². The first kappa shape index (κ1) is 25.2. The molecule has 0 radical (unpaired) electrons. The van der Waals surface area contributed by atoms with Gasteiger partial charge in [-0.1, -0.05) is 27.7 Å². The van der Waals surface area contributed by atoms with Crippen molar-refractivity contribution in [3.63, 3.8) is 0 Å². The van der Waals surface area contributed by atoms with Gasteiger partial charge in [0.1, 0.15) is 11.6 Å². The first-order valence-corrected chi connectivity index (χ1v) is 16.2. The van der Waals surface area contributed by atoms with Gasteiger partial charge in [0.15, 0.2) is 15.3 Å². The van der Waals surface area contributed by atoms with Crippen molar-refractivity contribution in [2.24, 2.45) is 5.41 Å². The summed E-state index contributed by atoms with van der Waals surface area (Å²) in [5.41, 5.74) is 2.27. The van der Waals surface area contributed by atoms with E-state index in [1.54, 1.807) is 11.3 Å². The third-order valence-electron chi connectivity index (χ3n) is 6.19. The molecule has 34 heavy (non-hydrogen) atoms. The standard InChI is InChI=1S/C27H39N3O2SSi/c1-7-29-12-14-30(15-13-29)26-23-19-33-18-21(23)16-24(28-26)20-8-10-22(11-9-20)31-25(32-34(5)6)17-27(2,3)4/h8-11,16,18-19,25,34H,7,12-15,17H2,1-6H3. The molecule has 5 nitrogen and oxygen atoms in total. The van der Waals surface area contributed by atoms with Crippen LogP contribution < -0.4 is 9.64 Å². The number of benzene rings is 1. The fourth-order valence-corrected chi connectivity index (χ4v) is 5.94. The molecular weight excluding hydrogens is 458 g/mol. The topological polar surface area (TPSA) is 37.8 Å². The summed E-state index contributed by atoms with van der Waals surface area (Å²) in [4.78, 5) is 10.1. The minimum absolute atomic E-state index is 0.146. The lowest BCUT2D eigenvalue weighted by atomic mass is 9.92. The van der Waals surface area contributed by atoms with Gasteiger partial charge in [-0.15, -0.1) is 0 Å². The number of pyridine rings is 1. The molecule has 4 rings (SSSR count). The van der Waals surface area contributed by atoms with E-state index in [0.29, 0.717) is 0 Å². The molecule has 3 aromatic rings. The zero-order valence-electron chi connectivity index (χ0n) is 21.5. The number of piperazine rings is 1. The number of nitrogens with zero attached hydrogens (tertiary/aromatic N) is 3. The van der Waals surface area contributed by atoms with Gasteiger partial charge in [-0.3, -0.25) is 0 Å². The van der Waals surface area contributed by atoms with Crippen LogP contribution >= 0.6 is 11.3 Å². The Morgan fingerprint density at radius 3 is 2.38 bits per heavy atom. The van der Waals surface area contributed by atoms with Gasteiger partial charge >= 0.3 is 0 Å². The van der Waals surface area contributed by atoms with E-state index in [4.69, 9.17) is 14.1 Å². The first-order valence-electron chi connectivity index (χ1n) is 12.5. The van der Waals surface area contributed by atoms with E-state index in [1.165, 1.54) is 10.8 Å². The summed E-state index contributed by atoms with van der Waals surface area (Å²) in [7, 11) is -1.20. The largest absolute Gasteiger partial charge is 0.466 e. The minimum atomic E-state index is -1.20. The van der Waals surface area contributed by atoms with Gasteiger partial charge in [-0.2, -0.15) is 11.3 Å². The smallest absolute Gasteiger partial charge is 0.191 e. The van der Waals surface area contributed by atoms with Crippen LogP contribution in [-0.2, 0) is 4.43 Å². The van der Waals surface area contributed by atoms with Crippen molar-refractivity contribution in [1.29, 1.82) is 0 Å². The Balaban J connectivity index is 1.55. The molecular formula is C27H39N3O2SSi. The Morgan fingerprint density at radius 1 is 1.06 bits per heavy atom. The molecule has 3 heterocycles. The molecule has 7 heteroatoms. The Bertz CT molecular complexity index is 1070. The quantitative estimate of drug-likeness (QED) is 0.272. The summed E-state index contributed by atoms with van der Waals surface area (Å²) >= 11 is 1.75. The number of aromatic nitrogens is 1. The number of anilines is 1. The van der Waals surface area contributed by atoms with E-state index in [2.05, 4.69) is 91.7 Å². The summed E-state index contributed by atoms with van der Waals surface area (Å²) < 4.78 is 12.5. The maximum absolute atomic E-state index is 6.27. The predicted molar refractivity (Wildman–Crippen MR) is 148 cm³/mol. The lowest BCUT2D eigenvalue weighted by Crippen LogP contribution is -2.46. The number of likely N-dealkylation sites (N-methyl/N-ethyl adjacent to an activating group) is 1. The van der Waals surface area contributed by atoms with Crippen LogP contribution in [0.1, 0.15) is 34.1 Å². The van der Waals surface area contributed by atoms with Gasteiger partial charge in [0.25, 0.3) is 0 Å². The Labute approximate surface area is 210 Å². The van der Waals surface area contributed by atoms with Crippen molar-refractivity contribution in [1.82, 2.24) is 9.88 Å². The second-order valence-corrected chi connectivity index (χ2v) is 13.8. The Kier molecular flexibility index (Phi) is 7.97. The van der Waals surface area contributed by atoms with Gasteiger partial charge < -0.3 is 19.0 Å². The average Bonchev–Trinajstić information content (AvgIpc) is 3.26. The van der Waals surface area contributed by atoms with E-state index in [0.717, 1.165) is 62.0 Å². The molecule has 1 aliphatic rings. The van der Waals surface area contributed by atoms with Gasteiger partial charge in [0.05, 0.1) is 5.69 Å². The fourth-order valence-electron chi connectivity index (χ4n) is 4.40. The molecule has 1 fully saturated rings. The summed E-state index contributed by atoms with van der Waals surface area (Å²) in [6, 6.07) is 10.6. The average molecular weight is 498 g/mol. The van der Waals surface area contributed by atoms with Crippen LogP contribution in [0.4, 0.5) is 5.82 Å². The third kappa shape index (κ3) is 6.39. The number of hydrogen-bond acceptors (Lipinski definition) is 6. The van der Waals surface area contributed by atoms with E-state index in [1.807, 2.05) is 0 Å². The Morgan fingerprint density at radius 2 is 1.76 bits per heavy atom. The van der Waals surface area contributed by atoms with Crippen molar-refractivity contribution in [3.05, 3.63) is 41.1 Å². The van der Waals surface area contributed by atoms with Crippen molar-refractivity contribution in [3.8, 4) is 17.0 Å². The highest BCUT2D eigenvalue weighted by atomic mass is 32.1. The van der Waals surface area contributed by atoms with Crippen molar-refractivity contribution in [2.75, 3.05) is 37.6 Å². The van der Waals surface area contributed by atoms with Crippen LogP contribution in [0.3, 0.4) is 0 Å². The van der Waals surface area contributed by atoms with Crippen molar-refractivity contribution >= 4 is 37.0 Å². The maximum Gasteiger partial charge on any atom is 0.191 e. The molecule has 184 valence electrons. The van der Waals surface area contributed by atoms with Gasteiger partial charge in [-0.25, -0.2) is 4.98 Å². The summed E-state index contributed by atoms with van der Waals surface area (Å²) in [5.74, 6) is 1.96. The molecule has 1 unspecified atom stereocenters. The Hall–Kier alpha value is -1.93. The zero-order chi connectivity index (χ0) is 24.3. The molecule has 0 spiro atoms. The van der Waals surface area contributed by atoms with Crippen LogP contribution in [0, 0.1) is 5.41 Å². The number of hydrogen-bond donors (Lipinski definition) is 0. The second-order valence-electron chi connectivity index (χ2n) is 10.6. The number of fused-ring (bicyclic) bond motifs is 1. The van der Waals surface area contributed by atoms with Crippen LogP contribution in [0.5, 0.6) is 5.75 Å². The van der Waals surface area contributed by atoms with Crippen LogP contribution in [-0.4, -0.2) is 57.9 Å². The highest BCUT2D eigenvalue weighted by Crippen LogP contribution is 2.34. The number of rotatable bonds is 8. The summed E-state index contributed by atoms with van der Waals surface area (Å²) in [6.45, 7) is 18.6. The SMILES string of the molecule is CCN1CCN(c2nc(-c3ccc(OC(CC(C)(C)C)O[SiH](C)C)cc3)cc3cscc23)CC1. The lowest BCUT2D eigenvalue weighted by molar-refractivity contribution is -0.0247. The van der Waals surface area contributed by atoms with Crippen molar-refractivity contribution in [2.45, 2.75) is 53.5 Å². The molecule has 0 N–H and O–H groups in total. The molecule has 1 saturated heterocycles.